The van der Waals surface area contributed by atoms with Crippen LogP contribution in [0.2, 0.25) is 0 Å². The van der Waals surface area contributed by atoms with Crippen molar-refractivity contribution in [3.63, 3.8) is 0 Å². The van der Waals surface area contributed by atoms with Gasteiger partial charge in [-0.1, -0.05) is 0 Å². The first kappa shape index (κ1) is 11.1. The van der Waals surface area contributed by atoms with Crippen molar-refractivity contribution in [2.75, 3.05) is 6.61 Å². The Morgan fingerprint density at radius 2 is 2.50 bits per heavy atom. The molecule has 0 aliphatic carbocycles. The molecule has 0 aromatic carbocycles. The number of carbonyl (C=O) groups excluding carboxylic acids is 1. The summed E-state index contributed by atoms with van der Waals surface area (Å²) in [5.74, 6) is -0.184. The summed E-state index contributed by atoms with van der Waals surface area (Å²) in [6.45, 7) is 4.74. The Kier molecular flexibility index (Phi) is 2.91. The molecule has 6 heteroatoms. The van der Waals surface area contributed by atoms with Crippen molar-refractivity contribution >= 4 is 5.91 Å². The molecule has 16 heavy (non-hydrogen) atoms. The van der Waals surface area contributed by atoms with Gasteiger partial charge in [-0.05, 0) is 26.7 Å². The minimum Gasteiger partial charge on any atom is -0.375 e. The molecular formula is C10H16N4O2. The monoisotopic (exact) mass is 224 g/mol. The number of nitrogens with one attached hydrogen (secondary N) is 2. The summed E-state index contributed by atoms with van der Waals surface area (Å²) in [5, 5.41) is 12.7. The van der Waals surface area contributed by atoms with Gasteiger partial charge in [0.2, 0.25) is 0 Å². The SMILES string of the molecule is CC1(C)CC(NC(=O)c2cn[nH]n2)CCO1. The molecule has 0 radical (unpaired) electrons. The maximum atomic E-state index is 11.7. The van der Waals surface area contributed by atoms with Crippen molar-refractivity contribution in [2.24, 2.45) is 0 Å². The molecule has 2 N–H and O–H groups in total. The second-order valence-corrected chi connectivity index (χ2v) is 4.63. The Bertz CT molecular complexity index is 361. The quantitative estimate of drug-likeness (QED) is 0.766. The Morgan fingerprint density at radius 3 is 3.12 bits per heavy atom. The third-order valence-corrected chi connectivity index (χ3v) is 2.68. The van der Waals surface area contributed by atoms with Crippen LogP contribution in [0, 0.1) is 0 Å². The van der Waals surface area contributed by atoms with Crippen LogP contribution in [-0.4, -0.2) is 39.6 Å². The van der Waals surface area contributed by atoms with Crippen LogP contribution in [0.25, 0.3) is 0 Å². The number of carbonyl (C=O) groups is 1. The minimum absolute atomic E-state index is 0.146. The molecule has 0 spiro atoms. The fraction of sp³-hybridized carbons (Fsp3) is 0.700. The van der Waals surface area contributed by atoms with Crippen LogP contribution < -0.4 is 5.32 Å². The number of hydrogen-bond acceptors (Lipinski definition) is 4. The molecule has 2 heterocycles. The Labute approximate surface area is 93.8 Å². The van der Waals surface area contributed by atoms with E-state index in [1.54, 1.807) is 0 Å². The highest BCUT2D eigenvalue weighted by atomic mass is 16.5. The second-order valence-electron chi connectivity index (χ2n) is 4.63. The lowest BCUT2D eigenvalue weighted by Crippen LogP contribution is -2.45. The molecule has 1 aliphatic rings. The highest BCUT2D eigenvalue weighted by Crippen LogP contribution is 2.23. The number of aromatic amines is 1. The first-order valence-corrected chi connectivity index (χ1v) is 5.37. The van der Waals surface area contributed by atoms with Gasteiger partial charge in [0.05, 0.1) is 11.8 Å². The molecule has 6 nitrogen and oxygen atoms in total. The van der Waals surface area contributed by atoms with E-state index in [1.807, 2.05) is 13.8 Å². The number of H-pyrrole nitrogens is 1. The smallest absolute Gasteiger partial charge is 0.273 e. The van der Waals surface area contributed by atoms with E-state index in [0.717, 1.165) is 12.8 Å². The van der Waals surface area contributed by atoms with Gasteiger partial charge < -0.3 is 10.1 Å². The van der Waals surface area contributed by atoms with Crippen molar-refractivity contribution in [2.45, 2.75) is 38.3 Å². The average molecular weight is 224 g/mol. The topological polar surface area (TPSA) is 79.9 Å². The van der Waals surface area contributed by atoms with Crippen molar-refractivity contribution in [3.05, 3.63) is 11.9 Å². The van der Waals surface area contributed by atoms with Crippen LogP contribution >= 0.6 is 0 Å². The van der Waals surface area contributed by atoms with E-state index in [4.69, 9.17) is 4.74 Å². The molecule has 1 aliphatic heterocycles. The van der Waals surface area contributed by atoms with E-state index >= 15 is 0 Å². The minimum atomic E-state index is -0.184. The van der Waals surface area contributed by atoms with Crippen molar-refractivity contribution < 1.29 is 9.53 Å². The third-order valence-electron chi connectivity index (χ3n) is 2.68. The lowest BCUT2D eigenvalue weighted by molar-refractivity contribution is -0.0615. The molecule has 1 amide bonds. The molecule has 1 atom stereocenters. The van der Waals surface area contributed by atoms with E-state index in [9.17, 15) is 4.79 Å². The van der Waals surface area contributed by atoms with Crippen LogP contribution in [0.15, 0.2) is 6.20 Å². The molecule has 1 aromatic rings. The number of hydrogen-bond donors (Lipinski definition) is 2. The maximum absolute atomic E-state index is 11.7. The van der Waals surface area contributed by atoms with Gasteiger partial charge in [-0.25, -0.2) is 0 Å². The summed E-state index contributed by atoms with van der Waals surface area (Å²) >= 11 is 0. The lowest BCUT2D eigenvalue weighted by atomic mass is 9.94. The van der Waals surface area contributed by atoms with Crippen LogP contribution in [-0.2, 0) is 4.74 Å². The number of rotatable bonds is 2. The Hall–Kier alpha value is -1.43. The highest BCUT2D eigenvalue weighted by molar-refractivity contribution is 5.91. The van der Waals surface area contributed by atoms with Gasteiger partial charge in [0.25, 0.3) is 5.91 Å². The van der Waals surface area contributed by atoms with E-state index in [0.29, 0.717) is 12.3 Å². The third kappa shape index (κ3) is 2.57. The summed E-state index contributed by atoms with van der Waals surface area (Å²) < 4.78 is 5.58. The Balaban J connectivity index is 1.92. The van der Waals surface area contributed by atoms with Crippen LogP contribution in [0.1, 0.15) is 37.2 Å². The zero-order valence-corrected chi connectivity index (χ0v) is 9.49. The molecule has 1 unspecified atom stereocenters. The first-order chi connectivity index (χ1) is 7.57. The largest absolute Gasteiger partial charge is 0.375 e. The van der Waals surface area contributed by atoms with E-state index in [1.165, 1.54) is 6.20 Å². The summed E-state index contributed by atoms with van der Waals surface area (Å²) in [7, 11) is 0. The van der Waals surface area contributed by atoms with Gasteiger partial charge >= 0.3 is 0 Å². The molecular weight excluding hydrogens is 208 g/mol. The normalized spacial score (nSPS) is 24.0. The molecule has 1 aromatic heterocycles. The highest BCUT2D eigenvalue weighted by Gasteiger charge is 2.30. The molecule has 0 bridgehead atoms. The average Bonchev–Trinajstić information content (AvgIpc) is 2.68. The standard InChI is InChI=1S/C10H16N4O2/c1-10(2)5-7(3-4-16-10)12-9(15)8-6-11-14-13-8/h6-7H,3-5H2,1-2H3,(H,12,15)(H,11,13,14). The Morgan fingerprint density at radius 1 is 1.69 bits per heavy atom. The number of nitrogens with zero attached hydrogens (tertiary/aromatic N) is 2. The zero-order chi connectivity index (χ0) is 11.6. The van der Waals surface area contributed by atoms with Crippen molar-refractivity contribution in [1.29, 1.82) is 0 Å². The number of ether oxygens (including phenoxy) is 1. The van der Waals surface area contributed by atoms with E-state index < -0.39 is 0 Å². The predicted molar refractivity (Wildman–Crippen MR) is 56.9 cm³/mol. The summed E-state index contributed by atoms with van der Waals surface area (Å²) in [6.07, 6.45) is 3.07. The first-order valence-electron chi connectivity index (χ1n) is 5.37. The van der Waals surface area contributed by atoms with E-state index in [-0.39, 0.29) is 17.6 Å². The van der Waals surface area contributed by atoms with Crippen molar-refractivity contribution in [3.8, 4) is 0 Å². The number of amides is 1. The maximum Gasteiger partial charge on any atom is 0.273 e. The predicted octanol–water partition coefficient (Wildman–Crippen LogP) is 0.492. The van der Waals surface area contributed by atoms with Gasteiger partial charge in [0.15, 0.2) is 5.69 Å². The van der Waals surface area contributed by atoms with Crippen LogP contribution in [0.3, 0.4) is 0 Å². The van der Waals surface area contributed by atoms with Gasteiger partial charge in [-0.3, -0.25) is 4.79 Å². The van der Waals surface area contributed by atoms with Crippen LogP contribution in [0.4, 0.5) is 0 Å². The molecule has 2 rings (SSSR count). The van der Waals surface area contributed by atoms with Gasteiger partial charge in [0.1, 0.15) is 0 Å². The summed E-state index contributed by atoms with van der Waals surface area (Å²) in [4.78, 5) is 11.7. The number of aromatic nitrogens is 3. The zero-order valence-electron chi connectivity index (χ0n) is 9.49. The van der Waals surface area contributed by atoms with Crippen LogP contribution in [0.5, 0.6) is 0 Å². The van der Waals surface area contributed by atoms with Gasteiger partial charge in [-0.2, -0.15) is 15.4 Å². The lowest BCUT2D eigenvalue weighted by Gasteiger charge is -2.35. The fourth-order valence-corrected chi connectivity index (χ4v) is 1.93. The molecule has 0 saturated carbocycles. The molecule has 88 valence electrons. The van der Waals surface area contributed by atoms with Crippen molar-refractivity contribution in [1.82, 2.24) is 20.7 Å². The fourth-order valence-electron chi connectivity index (χ4n) is 1.93. The molecule has 1 fully saturated rings. The summed E-state index contributed by atoms with van der Waals surface area (Å²) in [5.41, 5.74) is 0.157. The second kappa shape index (κ2) is 4.21. The van der Waals surface area contributed by atoms with E-state index in [2.05, 4.69) is 20.7 Å². The van der Waals surface area contributed by atoms with Gasteiger partial charge in [-0.15, -0.1) is 0 Å². The van der Waals surface area contributed by atoms with Gasteiger partial charge in [0, 0.05) is 12.6 Å². The molecule has 1 saturated heterocycles. The summed E-state index contributed by atoms with van der Waals surface area (Å²) in [6, 6.07) is 0.146.